The normalized spacial score (nSPS) is 17.0. The van der Waals surface area contributed by atoms with E-state index >= 15 is 0 Å². The lowest BCUT2D eigenvalue weighted by molar-refractivity contribution is -0.131. The quantitative estimate of drug-likeness (QED) is 0.905. The number of nitrogens with zero attached hydrogens (tertiary/aromatic N) is 1. The Morgan fingerprint density at radius 1 is 1.48 bits per heavy atom. The van der Waals surface area contributed by atoms with E-state index in [1.807, 2.05) is 20.9 Å². The number of carbonyl (C=O) groups is 1. The van der Waals surface area contributed by atoms with E-state index in [0.29, 0.717) is 6.54 Å². The summed E-state index contributed by atoms with van der Waals surface area (Å²) in [5.41, 5.74) is 2.24. The second kappa shape index (κ2) is 6.06. The Balaban J connectivity index is 2.03. The number of hydrogen-bond acceptors (Lipinski definition) is 3. The maximum atomic E-state index is 12.1. The Hall–Kier alpha value is -1.55. The number of para-hydroxylation sites is 1. The predicted molar refractivity (Wildman–Crippen MR) is 84.5 cm³/mol. The summed E-state index contributed by atoms with van der Waals surface area (Å²) in [6.45, 7) is 9.46. The summed E-state index contributed by atoms with van der Waals surface area (Å²) >= 11 is 0. The SMILES string of the molecule is CCN(C)C(=O)C(C)NCc1cccc2c1OC(C)(C)C2. The molecule has 2 rings (SSSR count). The summed E-state index contributed by atoms with van der Waals surface area (Å²) in [4.78, 5) is 13.8. The molecule has 1 aliphatic rings. The molecule has 0 aliphatic carbocycles. The van der Waals surface area contributed by atoms with Gasteiger partial charge in [0.2, 0.25) is 5.91 Å². The molecule has 0 spiro atoms. The van der Waals surface area contributed by atoms with Crippen molar-refractivity contribution in [2.75, 3.05) is 13.6 Å². The highest BCUT2D eigenvalue weighted by atomic mass is 16.5. The zero-order valence-electron chi connectivity index (χ0n) is 13.7. The second-order valence-electron chi connectivity index (χ2n) is 6.40. The number of hydrogen-bond donors (Lipinski definition) is 1. The fourth-order valence-electron chi connectivity index (χ4n) is 2.66. The van der Waals surface area contributed by atoms with Gasteiger partial charge < -0.3 is 15.0 Å². The Morgan fingerprint density at radius 3 is 2.86 bits per heavy atom. The highest BCUT2D eigenvalue weighted by molar-refractivity contribution is 5.81. The summed E-state index contributed by atoms with van der Waals surface area (Å²) in [6.07, 6.45) is 0.934. The van der Waals surface area contributed by atoms with Gasteiger partial charge in [-0.15, -0.1) is 0 Å². The molecular formula is C17H26N2O2. The van der Waals surface area contributed by atoms with E-state index in [2.05, 4.69) is 37.4 Å². The molecule has 4 heteroatoms. The summed E-state index contributed by atoms with van der Waals surface area (Å²) in [7, 11) is 1.83. The smallest absolute Gasteiger partial charge is 0.239 e. The van der Waals surface area contributed by atoms with Crippen LogP contribution in [0.25, 0.3) is 0 Å². The predicted octanol–water partition coefficient (Wildman–Crippen LogP) is 2.36. The maximum absolute atomic E-state index is 12.1. The van der Waals surface area contributed by atoms with Crippen molar-refractivity contribution in [3.05, 3.63) is 29.3 Å². The minimum absolute atomic E-state index is 0.117. The molecule has 0 saturated heterocycles. The van der Waals surface area contributed by atoms with Crippen LogP contribution in [-0.2, 0) is 17.8 Å². The van der Waals surface area contributed by atoms with Gasteiger partial charge in [0.15, 0.2) is 0 Å². The molecule has 0 fully saturated rings. The Morgan fingerprint density at radius 2 is 2.19 bits per heavy atom. The lowest BCUT2D eigenvalue weighted by Gasteiger charge is -2.21. The van der Waals surface area contributed by atoms with Crippen LogP contribution in [0.5, 0.6) is 5.75 Å². The Kier molecular flexibility index (Phi) is 4.57. The van der Waals surface area contributed by atoms with E-state index < -0.39 is 0 Å². The fraction of sp³-hybridized carbons (Fsp3) is 0.588. The molecule has 1 atom stereocenters. The van der Waals surface area contributed by atoms with Crippen LogP contribution >= 0.6 is 0 Å². The lowest BCUT2D eigenvalue weighted by atomic mass is 10.0. The van der Waals surface area contributed by atoms with Crippen molar-refractivity contribution in [3.8, 4) is 5.75 Å². The molecule has 1 N–H and O–H groups in total. The van der Waals surface area contributed by atoms with Gasteiger partial charge in [-0.25, -0.2) is 0 Å². The van der Waals surface area contributed by atoms with Crippen molar-refractivity contribution < 1.29 is 9.53 Å². The van der Waals surface area contributed by atoms with Crippen LogP contribution in [-0.4, -0.2) is 36.0 Å². The van der Waals surface area contributed by atoms with E-state index in [1.165, 1.54) is 5.56 Å². The third-order valence-corrected chi connectivity index (χ3v) is 3.99. The van der Waals surface area contributed by atoms with Gasteiger partial charge in [0.05, 0.1) is 6.04 Å². The highest BCUT2D eigenvalue weighted by Gasteiger charge is 2.31. The topological polar surface area (TPSA) is 41.6 Å². The minimum Gasteiger partial charge on any atom is -0.487 e. The standard InChI is InChI=1S/C17H26N2O2/c1-6-19(5)16(20)12(2)18-11-14-9-7-8-13-10-17(3,4)21-15(13)14/h7-9,12,18H,6,10-11H2,1-5H3. The van der Waals surface area contributed by atoms with Crippen LogP contribution < -0.4 is 10.1 Å². The first kappa shape index (κ1) is 15.8. The molecule has 116 valence electrons. The first-order chi connectivity index (χ1) is 9.84. The van der Waals surface area contributed by atoms with Crippen LogP contribution in [0.15, 0.2) is 18.2 Å². The van der Waals surface area contributed by atoms with Crippen molar-refractivity contribution in [2.24, 2.45) is 0 Å². The van der Waals surface area contributed by atoms with E-state index in [1.54, 1.807) is 4.90 Å². The number of fused-ring (bicyclic) bond motifs is 1. The summed E-state index contributed by atoms with van der Waals surface area (Å²) in [6, 6.07) is 6.05. The maximum Gasteiger partial charge on any atom is 0.239 e. The second-order valence-corrected chi connectivity index (χ2v) is 6.40. The number of carbonyl (C=O) groups excluding carboxylic acids is 1. The molecule has 0 bridgehead atoms. The average Bonchev–Trinajstić information content (AvgIpc) is 2.77. The molecule has 1 unspecified atom stereocenters. The van der Waals surface area contributed by atoms with E-state index in [-0.39, 0.29) is 17.6 Å². The van der Waals surface area contributed by atoms with Crippen LogP contribution in [0.3, 0.4) is 0 Å². The van der Waals surface area contributed by atoms with Crippen molar-refractivity contribution in [2.45, 2.75) is 52.3 Å². The molecule has 1 aromatic carbocycles. The largest absolute Gasteiger partial charge is 0.487 e. The first-order valence-corrected chi connectivity index (χ1v) is 7.62. The molecule has 1 aliphatic heterocycles. The van der Waals surface area contributed by atoms with Crippen molar-refractivity contribution >= 4 is 5.91 Å². The van der Waals surface area contributed by atoms with E-state index in [9.17, 15) is 4.79 Å². The zero-order chi connectivity index (χ0) is 15.6. The molecule has 1 amide bonds. The number of likely N-dealkylation sites (N-methyl/N-ethyl adjacent to an activating group) is 1. The van der Waals surface area contributed by atoms with Gasteiger partial charge in [-0.05, 0) is 33.3 Å². The summed E-state index contributed by atoms with van der Waals surface area (Å²) in [5, 5.41) is 3.30. The van der Waals surface area contributed by atoms with Gasteiger partial charge in [-0.1, -0.05) is 18.2 Å². The van der Waals surface area contributed by atoms with Crippen molar-refractivity contribution in [1.82, 2.24) is 10.2 Å². The fourth-order valence-corrected chi connectivity index (χ4v) is 2.66. The molecule has 4 nitrogen and oxygen atoms in total. The Labute approximate surface area is 127 Å². The Bertz CT molecular complexity index is 526. The molecule has 0 radical (unpaired) electrons. The average molecular weight is 290 g/mol. The van der Waals surface area contributed by atoms with Gasteiger partial charge in [0.25, 0.3) is 0 Å². The number of ether oxygens (including phenoxy) is 1. The van der Waals surface area contributed by atoms with E-state index in [0.717, 1.165) is 24.3 Å². The number of rotatable bonds is 5. The van der Waals surface area contributed by atoms with Gasteiger partial charge >= 0.3 is 0 Å². The van der Waals surface area contributed by atoms with Crippen LogP contribution in [0.4, 0.5) is 0 Å². The number of amides is 1. The van der Waals surface area contributed by atoms with Gasteiger partial charge in [-0.2, -0.15) is 0 Å². The van der Waals surface area contributed by atoms with Crippen LogP contribution in [0.1, 0.15) is 38.8 Å². The molecule has 1 aromatic rings. The van der Waals surface area contributed by atoms with Gasteiger partial charge in [0, 0.05) is 32.1 Å². The molecular weight excluding hydrogens is 264 g/mol. The highest BCUT2D eigenvalue weighted by Crippen LogP contribution is 2.37. The third kappa shape index (κ3) is 3.56. The summed E-state index contributed by atoms with van der Waals surface area (Å²) in [5.74, 6) is 1.10. The van der Waals surface area contributed by atoms with Crippen LogP contribution in [0, 0.1) is 0 Å². The zero-order valence-corrected chi connectivity index (χ0v) is 13.7. The van der Waals surface area contributed by atoms with Crippen molar-refractivity contribution in [3.63, 3.8) is 0 Å². The molecule has 21 heavy (non-hydrogen) atoms. The first-order valence-electron chi connectivity index (χ1n) is 7.62. The van der Waals surface area contributed by atoms with Gasteiger partial charge in [0.1, 0.15) is 11.4 Å². The number of benzene rings is 1. The van der Waals surface area contributed by atoms with Gasteiger partial charge in [-0.3, -0.25) is 4.79 Å². The lowest BCUT2D eigenvalue weighted by Crippen LogP contribution is -2.42. The molecule has 0 aromatic heterocycles. The third-order valence-electron chi connectivity index (χ3n) is 3.99. The van der Waals surface area contributed by atoms with E-state index in [4.69, 9.17) is 4.74 Å². The molecule has 0 saturated carbocycles. The van der Waals surface area contributed by atoms with Crippen LogP contribution in [0.2, 0.25) is 0 Å². The molecule has 1 heterocycles. The minimum atomic E-state index is -0.194. The monoisotopic (exact) mass is 290 g/mol. The van der Waals surface area contributed by atoms with Crippen molar-refractivity contribution in [1.29, 1.82) is 0 Å². The number of nitrogens with one attached hydrogen (secondary N) is 1. The summed E-state index contributed by atoms with van der Waals surface area (Å²) < 4.78 is 6.05.